The molecule has 2 aromatic carbocycles. The first-order valence-electron chi connectivity index (χ1n) is 8.32. The van der Waals surface area contributed by atoms with Crippen molar-refractivity contribution in [1.29, 1.82) is 0 Å². The number of likely N-dealkylation sites (tertiary alicyclic amines) is 1. The molecule has 0 N–H and O–H groups in total. The third-order valence-electron chi connectivity index (χ3n) is 4.70. The summed E-state index contributed by atoms with van der Waals surface area (Å²) in [6, 6.07) is 13.5. The van der Waals surface area contributed by atoms with Gasteiger partial charge >= 0.3 is 0 Å². The molecule has 132 valence electrons. The number of methoxy groups -OCH3 is 3. The van der Waals surface area contributed by atoms with Crippen molar-refractivity contribution in [2.24, 2.45) is 0 Å². The fraction of sp³-hybridized carbons (Fsp3) is 0.350. The van der Waals surface area contributed by atoms with E-state index in [0.717, 1.165) is 18.7 Å². The van der Waals surface area contributed by atoms with E-state index < -0.39 is 0 Å². The maximum absolute atomic E-state index is 12.9. The second-order valence-corrected chi connectivity index (χ2v) is 6.05. The summed E-state index contributed by atoms with van der Waals surface area (Å²) in [5, 5.41) is 0. The van der Waals surface area contributed by atoms with Gasteiger partial charge in [0.2, 0.25) is 0 Å². The molecule has 0 bridgehead atoms. The number of rotatable bonds is 5. The Bertz CT molecular complexity index is 742. The monoisotopic (exact) mass is 341 g/mol. The lowest BCUT2D eigenvalue weighted by Gasteiger charge is -2.19. The molecule has 0 radical (unpaired) electrons. The molecule has 1 atom stereocenters. The Morgan fingerprint density at radius 2 is 1.76 bits per heavy atom. The van der Waals surface area contributed by atoms with E-state index in [4.69, 9.17) is 14.2 Å². The van der Waals surface area contributed by atoms with E-state index in [2.05, 4.69) is 12.1 Å². The topological polar surface area (TPSA) is 48.0 Å². The van der Waals surface area contributed by atoms with Crippen LogP contribution in [0.1, 0.15) is 28.3 Å². The molecule has 1 saturated heterocycles. The van der Waals surface area contributed by atoms with E-state index >= 15 is 0 Å². The number of carbonyl (C=O) groups is 1. The average molecular weight is 341 g/mol. The summed E-state index contributed by atoms with van der Waals surface area (Å²) in [6.45, 7) is 1.43. The van der Waals surface area contributed by atoms with Crippen LogP contribution in [0.2, 0.25) is 0 Å². The van der Waals surface area contributed by atoms with Gasteiger partial charge in [0.1, 0.15) is 5.75 Å². The molecule has 1 unspecified atom stereocenters. The molecular formula is C20H23NO4. The van der Waals surface area contributed by atoms with Crippen molar-refractivity contribution in [2.75, 3.05) is 34.4 Å². The molecule has 2 aromatic rings. The average Bonchev–Trinajstić information content (AvgIpc) is 3.16. The molecule has 1 amide bonds. The standard InChI is InChI=1S/C20H23NO4/c1-23-16-9-7-14(8-10-16)15-11-12-21(13-15)20(22)17-5-4-6-18(24-2)19(17)25-3/h4-10,15H,11-13H2,1-3H3. The Kier molecular flexibility index (Phi) is 5.12. The van der Waals surface area contributed by atoms with Crippen LogP contribution < -0.4 is 14.2 Å². The van der Waals surface area contributed by atoms with Crippen LogP contribution in [-0.4, -0.2) is 45.2 Å². The van der Waals surface area contributed by atoms with Crippen molar-refractivity contribution in [1.82, 2.24) is 4.90 Å². The van der Waals surface area contributed by atoms with E-state index in [0.29, 0.717) is 29.5 Å². The van der Waals surface area contributed by atoms with Gasteiger partial charge in [0.05, 0.1) is 26.9 Å². The highest BCUT2D eigenvalue weighted by atomic mass is 16.5. The molecule has 1 aliphatic rings. The Hall–Kier alpha value is -2.69. The lowest BCUT2D eigenvalue weighted by Crippen LogP contribution is -2.28. The Morgan fingerprint density at radius 1 is 1.00 bits per heavy atom. The lowest BCUT2D eigenvalue weighted by atomic mass is 9.98. The van der Waals surface area contributed by atoms with Gasteiger partial charge in [0.25, 0.3) is 5.91 Å². The summed E-state index contributed by atoms with van der Waals surface area (Å²) in [4.78, 5) is 14.8. The van der Waals surface area contributed by atoms with Gasteiger partial charge in [-0.05, 0) is 36.2 Å². The Labute approximate surface area is 148 Å². The van der Waals surface area contributed by atoms with Crippen molar-refractivity contribution in [3.63, 3.8) is 0 Å². The number of hydrogen-bond acceptors (Lipinski definition) is 4. The molecule has 1 aliphatic heterocycles. The summed E-state index contributed by atoms with van der Waals surface area (Å²) in [6.07, 6.45) is 0.949. The van der Waals surface area contributed by atoms with Gasteiger partial charge in [-0.2, -0.15) is 0 Å². The highest BCUT2D eigenvalue weighted by Gasteiger charge is 2.30. The van der Waals surface area contributed by atoms with Crippen LogP contribution >= 0.6 is 0 Å². The van der Waals surface area contributed by atoms with Crippen molar-refractivity contribution in [3.05, 3.63) is 53.6 Å². The molecule has 0 saturated carbocycles. The summed E-state index contributed by atoms with van der Waals surface area (Å²) < 4.78 is 15.9. The molecule has 25 heavy (non-hydrogen) atoms. The molecule has 5 heteroatoms. The zero-order chi connectivity index (χ0) is 17.8. The number of amides is 1. The van der Waals surface area contributed by atoms with Gasteiger partial charge in [0, 0.05) is 19.0 Å². The van der Waals surface area contributed by atoms with Crippen molar-refractivity contribution < 1.29 is 19.0 Å². The van der Waals surface area contributed by atoms with Crippen LogP contribution in [0.25, 0.3) is 0 Å². The minimum Gasteiger partial charge on any atom is -0.497 e. The van der Waals surface area contributed by atoms with Gasteiger partial charge in [-0.25, -0.2) is 0 Å². The predicted octanol–water partition coefficient (Wildman–Crippen LogP) is 3.34. The number of nitrogens with zero attached hydrogens (tertiary/aromatic N) is 1. The van der Waals surface area contributed by atoms with Gasteiger partial charge in [0.15, 0.2) is 11.5 Å². The zero-order valence-electron chi connectivity index (χ0n) is 14.8. The van der Waals surface area contributed by atoms with Crippen LogP contribution in [0.15, 0.2) is 42.5 Å². The molecule has 0 spiro atoms. The van der Waals surface area contributed by atoms with Gasteiger partial charge < -0.3 is 19.1 Å². The van der Waals surface area contributed by atoms with E-state index in [9.17, 15) is 4.79 Å². The van der Waals surface area contributed by atoms with Gasteiger partial charge in [-0.15, -0.1) is 0 Å². The molecule has 1 heterocycles. The van der Waals surface area contributed by atoms with Crippen molar-refractivity contribution in [3.8, 4) is 17.2 Å². The fourth-order valence-corrected chi connectivity index (χ4v) is 3.32. The number of hydrogen-bond donors (Lipinski definition) is 0. The maximum Gasteiger partial charge on any atom is 0.257 e. The SMILES string of the molecule is COc1ccc(C2CCN(C(=O)c3cccc(OC)c3OC)C2)cc1. The lowest BCUT2D eigenvalue weighted by molar-refractivity contribution is 0.0786. The number of para-hydroxylation sites is 1. The Balaban J connectivity index is 1.76. The highest BCUT2D eigenvalue weighted by Crippen LogP contribution is 2.34. The molecular weight excluding hydrogens is 318 g/mol. The predicted molar refractivity (Wildman–Crippen MR) is 95.8 cm³/mol. The summed E-state index contributed by atoms with van der Waals surface area (Å²) in [5.41, 5.74) is 1.77. The Morgan fingerprint density at radius 3 is 2.40 bits per heavy atom. The quantitative estimate of drug-likeness (QED) is 0.837. The van der Waals surface area contributed by atoms with Crippen LogP contribution in [0.4, 0.5) is 0 Å². The first-order chi connectivity index (χ1) is 12.2. The van der Waals surface area contributed by atoms with Crippen LogP contribution in [-0.2, 0) is 0 Å². The fourth-order valence-electron chi connectivity index (χ4n) is 3.32. The van der Waals surface area contributed by atoms with Crippen LogP contribution in [0, 0.1) is 0 Å². The zero-order valence-corrected chi connectivity index (χ0v) is 14.8. The van der Waals surface area contributed by atoms with E-state index in [1.54, 1.807) is 33.5 Å². The molecule has 0 aliphatic carbocycles. The molecule has 3 rings (SSSR count). The van der Waals surface area contributed by atoms with E-state index in [-0.39, 0.29) is 5.91 Å². The number of carbonyl (C=O) groups excluding carboxylic acids is 1. The largest absolute Gasteiger partial charge is 0.497 e. The van der Waals surface area contributed by atoms with Crippen molar-refractivity contribution >= 4 is 5.91 Å². The third-order valence-corrected chi connectivity index (χ3v) is 4.70. The van der Waals surface area contributed by atoms with Gasteiger partial charge in [-0.3, -0.25) is 4.79 Å². The van der Waals surface area contributed by atoms with Crippen LogP contribution in [0.3, 0.4) is 0 Å². The maximum atomic E-state index is 12.9. The first kappa shape index (κ1) is 17.1. The van der Waals surface area contributed by atoms with Crippen molar-refractivity contribution in [2.45, 2.75) is 12.3 Å². The van der Waals surface area contributed by atoms with E-state index in [1.807, 2.05) is 23.1 Å². The minimum absolute atomic E-state index is 0.0215. The molecule has 5 nitrogen and oxygen atoms in total. The summed E-state index contributed by atoms with van der Waals surface area (Å²) in [5.74, 6) is 2.22. The number of benzene rings is 2. The normalized spacial score (nSPS) is 16.6. The summed E-state index contributed by atoms with van der Waals surface area (Å²) >= 11 is 0. The second kappa shape index (κ2) is 7.47. The molecule has 1 fully saturated rings. The highest BCUT2D eigenvalue weighted by molar-refractivity contribution is 5.98. The van der Waals surface area contributed by atoms with Gasteiger partial charge in [-0.1, -0.05) is 18.2 Å². The molecule has 0 aromatic heterocycles. The minimum atomic E-state index is -0.0215. The first-order valence-corrected chi connectivity index (χ1v) is 8.32. The second-order valence-electron chi connectivity index (χ2n) is 6.05. The summed E-state index contributed by atoms with van der Waals surface area (Å²) in [7, 11) is 4.78. The third kappa shape index (κ3) is 3.40. The van der Waals surface area contributed by atoms with E-state index in [1.165, 1.54) is 5.56 Å². The smallest absolute Gasteiger partial charge is 0.257 e. The van der Waals surface area contributed by atoms with Crippen LogP contribution in [0.5, 0.6) is 17.2 Å². The number of ether oxygens (including phenoxy) is 3.